The van der Waals surface area contributed by atoms with Crippen LogP contribution in [0, 0.1) is 18.2 Å². The summed E-state index contributed by atoms with van der Waals surface area (Å²) in [5.74, 6) is -0.178. The molecule has 2 saturated heterocycles. The molecule has 2 aromatic rings. The summed E-state index contributed by atoms with van der Waals surface area (Å²) in [5.41, 5.74) is 4.03. The fourth-order valence-electron chi connectivity index (χ4n) is 4.16. The second-order valence-electron chi connectivity index (χ2n) is 7.51. The highest BCUT2D eigenvalue weighted by Gasteiger charge is 2.48. The zero-order valence-electron chi connectivity index (χ0n) is 14.3. The van der Waals surface area contributed by atoms with Crippen LogP contribution in [-0.2, 0) is 24.8 Å². The van der Waals surface area contributed by atoms with Crippen LogP contribution in [0.5, 0.6) is 0 Å². The van der Waals surface area contributed by atoms with Crippen molar-refractivity contribution < 1.29 is 9.13 Å². The largest absolute Gasteiger partial charge is 0.377 e. The molecule has 5 heteroatoms. The lowest BCUT2D eigenvalue weighted by Gasteiger charge is -2.47. The summed E-state index contributed by atoms with van der Waals surface area (Å²) in [6, 6.07) is 6.78. The molecule has 1 aromatic heterocycles. The van der Waals surface area contributed by atoms with Gasteiger partial charge in [0, 0.05) is 32.1 Å². The van der Waals surface area contributed by atoms with Gasteiger partial charge in [-0.2, -0.15) is 5.10 Å². The van der Waals surface area contributed by atoms with Gasteiger partial charge < -0.3 is 4.74 Å². The van der Waals surface area contributed by atoms with E-state index in [4.69, 9.17) is 4.74 Å². The molecule has 0 unspecified atom stereocenters. The van der Waals surface area contributed by atoms with Crippen molar-refractivity contribution in [1.29, 1.82) is 0 Å². The van der Waals surface area contributed by atoms with Crippen molar-refractivity contribution in [2.45, 2.75) is 32.4 Å². The lowest BCUT2D eigenvalue weighted by atomic mass is 9.77. The van der Waals surface area contributed by atoms with Gasteiger partial charge in [-0.05, 0) is 43.0 Å². The summed E-state index contributed by atoms with van der Waals surface area (Å²) in [5, 5.41) is 4.32. The van der Waals surface area contributed by atoms with Crippen molar-refractivity contribution in [2.75, 3.05) is 19.7 Å². The van der Waals surface area contributed by atoms with Crippen molar-refractivity contribution in [3.63, 3.8) is 0 Å². The molecular formula is C19H24FN3O. The number of likely N-dealkylation sites (tertiary alicyclic amines) is 1. The number of aryl methyl sites for hydroxylation is 2. The minimum atomic E-state index is -0.178. The van der Waals surface area contributed by atoms with E-state index in [1.165, 1.54) is 23.4 Å². The van der Waals surface area contributed by atoms with Crippen molar-refractivity contribution in [3.05, 3.63) is 53.1 Å². The van der Waals surface area contributed by atoms with E-state index >= 15 is 0 Å². The van der Waals surface area contributed by atoms with Gasteiger partial charge in [0.15, 0.2) is 0 Å². The zero-order chi connectivity index (χ0) is 16.7. The highest BCUT2D eigenvalue weighted by molar-refractivity contribution is 5.18. The Hall–Kier alpha value is -1.72. The van der Waals surface area contributed by atoms with Crippen LogP contribution < -0.4 is 0 Å². The first-order valence-electron chi connectivity index (χ1n) is 8.59. The molecule has 0 bridgehead atoms. The molecule has 2 aliphatic heterocycles. The highest BCUT2D eigenvalue weighted by atomic mass is 19.1. The van der Waals surface area contributed by atoms with Gasteiger partial charge in [-0.3, -0.25) is 9.58 Å². The number of hydrogen-bond acceptors (Lipinski definition) is 3. The minimum Gasteiger partial charge on any atom is -0.377 e. The molecule has 1 spiro atoms. The van der Waals surface area contributed by atoms with Gasteiger partial charge in [-0.15, -0.1) is 0 Å². The molecule has 4 nitrogen and oxygen atoms in total. The predicted molar refractivity (Wildman–Crippen MR) is 90.1 cm³/mol. The molecule has 1 aromatic carbocycles. The Morgan fingerprint density at radius 1 is 1.29 bits per heavy atom. The minimum absolute atomic E-state index is 0.178. The number of rotatable bonds is 4. The van der Waals surface area contributed by atoms with E-state index in [1.54, 1.807) is 0 Å². The normalized spacial score (nSPS) is 22.9. The molecule has 2 aliphatic rings. The first-order valence-corrected chi connectivity index (χ1v) is 8.59. The summed E-state index contributed by atoms with van der Waals surface area (Å²) < 4.78 is 21.0. The number of aromatic nitrogens is 2. The lowest BCUT2D eigenvalue weighted by molar-refractivity contribution is -0.0154. The van der Waals surface area contributed by atoms with E-state index in [9.17, 15) is 4.39 Å². The molecule has 24 heavy (non-hydrogen) atoms. The van der Waals surface area contributed by atoms with Crippen LogP contribution >= 0.6 is 0 Å². The van der Waals surface area contributed by atoms with Gasteiger partial charge in [-0.1, -0.05) is 12.1 Å². The fourth-order valence-corrected chi connectivity index (χ4v) is 4.16. The Labute approximate surface area is 142 Å². The molecule has 1 atom stereocenters. The van der Waals surface area contributed by atoms with Crippen LogP contribution in [0.1, 0.15) is 23.2 Å². The molecule has 0 amide bonds. The van der Waals surface area contributed by atoms with Gasteiger partial charge in [0.25, 0.3) is 0 Å². The molecule has 4 rings (SSSR count). The van der Waals surface area contributed by atoms with Crippen LogP contribution in [0.25, 0.3) is 0 Å². The summed E-state index contributed by atoms with van der Waals surface area (Å²) in [6.07, 6.45) is 4.17. The first kappa shape index (κ1) is 15.8. The smallest absolute Gasteiger partial charge is 0.123 e. The molecule has 3 heterocycles. The molecular weight excluding hydrogens is 305 g/mol. The second-order valence-corrected chi connectivity index (χ2v) is 7.51. The van der Waals surface area contributed by atoms with Crippen LogP contribution in [0.15, 0.2) is 30.5 Å². The predicted octanol–water partition coefficient (Wildman–Crippen LogP) is 2.70. The number of hydrogen-bond donors (Lipinski definition) is 0. The summed E-state index contributed by atoms with van der Waals surface area (Å²) in [7, 11) is 2.01. The standard InChI is InChI=1S/C19H24FN3O/c1-14-9-21-22(2)18(14)10-23-11-19(12-23)8-17(24-13-19)7-15-3-5-16(20)6-4-15/h3-6,9,17H,7-8,10-13H2,1-2H3/t17-/m0/s1. The number of halogens is 1. The first-order chi connectivity index (χ1) is 11.5. The van der Waals surface area contributed by atoms with Gasteiger partial charge in [0.05, 0.1) is 24.6 Å². The van der Waals surface area contributed by atoms with E-state index in [0.717, 1.165) is 44.6 Å². The third kappa shape index (κ3) is 2.98. The van der Waals surface area contributed by atoms with Crippen LogP contribution in [0.4, 0.5) is 4.39 Å². The second kappa shape index (κ2) is 5.97. The molecule has 2 fully saturated rings. The van der Waals surface area contributed by atoms with Crippen molar-refractivity contribution in [3.8, 4) is 0 Å². The van der Waals surface area contributed by atoms with E-state index in [-0.39, 0.29) is 11.9 Å². The quantitative estimate of drug-likeness (QED) is 0.864. The summed E-state index contributed by atoms with van der Waals surface area (Å²) >= 11 is 0. The summed E-state index contributed by atoms with van der Waals surface area (Å²) in [4.78, 5) is 2.48. The average molecular weight is 329 g/mol. The van der Waals surface area contributed by atoms with E-state index in [2.05, 4.69) is 16.9 Å². The van der Waals surface area contributed by atoms with Crippen molar-refractivity contribution in [1.82, 2.24) is 14.7 Å². The van der Waals surface area contributed by atoms with E-state index in [0.29, 0.717) is 5.41 Å². The number of nitrogens with zero attached hydrogens (tertiary/aromatic N) is 3. The maximum absolute atomic E-state index is 13.0. The Balaban J connectivity index is 1.31. The maximum Gasteiger partial charge on any atom is 0.123 e. The van der Waals surface area contributed by atoms with Gasteiger partial charge in [-0.25, -0.2) is 4.39 Å². The monoisotopic (exact) mass is 329 g/mol. The molecule has 0 saturated carbocycles. The Bertz CT molecular complexity index is 699. The van der Waals surface area contributed by atoms with Crippen molar-refractivity contribution in [2.24, 2.45) is 12.5 Å². The summed E-state index contributed by atoms with van der Waals surface area (Å²) in [6.45, 7) is 6.12. The third-order valence-corrected chi connectivity index (χ3v) is 5.42. The maximum atomic E-state index is 13.0. The molecule has 0 aliphatic carbocycles. The number of ether oxygens (including phenoxy) is 1. The van der Waals surface area contributed by atoms with E-state index in [1.807, 2.05) is 30.1 Å². The van der Waals surface area contributed by atoms with Gasteiger partial charge in [0.2, 0.25) is 0 Å². The SMILES string of the molecule is Cc1cnn(C)c1CN1CC2(CO[C@@H](Cc3ccc(F)cc3)C2)C1. The average Bonchev–Trinajstić information content (AvgIpc) is 3.08. The van der Waals surface area contributed by atoms with Gasteiger partial charge >= 0.3 is 0 Å². The Morgan fingerprint density at radius 3 is 2.71 bits per heavy atom. The zero-order valence-corrected chi connectivity index (χ0v) is 14.3. The highest BCUT2D eigenvalue weighted by Crippen LogP contribution is 2.42. The molecule has 128 valence electrons. The van der Waals surface area contributed by atoms with Gasteiger partial charge in [0.1, 0.15) is 5.82 Å². The lowest BCUT2D eigenvalue weighted by Crippen LogP contribution is -2.56. The molecule has 0 radical (unpaired) electrons. The van der Waals surface area contributed by atoms with Crippen LogP contribution in [0.2, 0.25) is 0 Å². The topological polar surface area (TPSA) is 30.3 Å². The third-order valence-electron chi connectivity index (χ3n) is 5.42. The Kier molecular flexibility index (Phi) is 3.93. The van der Waals surface area contributed by atoms with E-state index < -0.39 is 0 Å². The van der Waals surface area contributed by atoms with Crippen molar-refractivity contribution >= 4 is 0 Å². The fraction of sp³-hybridized carbons (Fsp3) is 0.526. The van der Waals surface area contributed by atoms with Crippen LogP contribution in [-0.4, -0.2) is 40.5 Å². The number of benzene rings is 1. The van der Waals surface area contributed by atoms with Crippen LogP contribution in [0.3, 0.4) is 0 Å². The Morgan fingerprint density at radius 2 is 2.04 bits per heavy atom. The molecule has 0 N–H and O–H groups in total.